The van der Waals surface area contributed by atoms with Crippen molar-refractivity contribution in [2.75, 3.05) is 11.9 Å². The monoisotopic (exact) mass is 249 g/mol. The summed E-state index contributed by atoms with van der Waals surface area (Å²) < 4.78 is 0. The van der Waals surface area contributed by atoms with Crippen LogP contribution < -0.4 is 16.0 Å². The van der Waals surface area contributed by atoms with E-state index in [1.54, 1.807) is 18.2 Å². The van der Waals surface area contributed by atoms with Gasteiger partial charge in [-0.2, -0.15) is 0 Å². The lowest BCUT2D eigenvalue weighted by molar-refractivity contribution is 0.0879. The average Bonchev–Trinajstić information content (AvgIpc) is 2.55. The summed E-state index contributed by atoms with van der Waals surface area (Å²) in [4.78, 5) is 22.8. The van der Waals surface area contributed by atoms with Gasteiger partial charge < -0.3 is 10.6 Å². The number of hydrogen-bond donors (Lipinski definition) is 3. The van der Waals surface area contributed by atoms with E-state index in [2.05, 4.69) is 16.0 Å². The molecule has 2 amide bonds. The number of amides is 2. The minimum Gasteiger partial charge on any atom is -0.363 e. The first-order valence-corrected chi connectivity index (χ1v) is 5.57. The van der Waals surface area contributed by atoms with Gasteiger partial charge in [0.15, 0.2) is 5.11 Å². The Morgan fingerprint density at radius 1 is 1.29 bits per heavy atom. The van der Waals surface area contributed by atoms with Crippen LogP contribution in [0.15, 0.2) is 18.2 Å². The fraction of sp³-hybridized carbons (Fsp3) is 0.182. The topological polar surface area (TPSA) is 70.2 Å². The molecule has 88 valence electrons. The number of carbonyl (C=O) groups is 2. The minimum atomic E-state index is -0.372. The van der Waals surface area contributed by atoms with Gasteiger partial charge in [0.2, 0.25) is 0 Å². The van der Waals surface area contributed by atoms with Crippen LogP contribution in [-0.4, -0.2) is 23.5 Å². The maximum atomic E-state index is 11.4. The molecule has 0 fully saturated rings. The molecule has 1 aromatic rings. The highest BCUT2D eigenvalue weighted by molar-refractivity contribution is 7.80. The molecule has 1 aromatic carbocycles. The van der Waals surface area contributed by atoms with Gasteiger partial charge in [-0.05, 0) is 37.3 Å². The molecule has 3 N–H and O–H groups in total. The second-order valence-electron chi connectivity index (χ2n) is 3.53. The van der Waals surface area contributed by atoms with Gasteiger partial charge in [-0.15, -0.1) is 0 Å². The molecule has 17 heavy (non-hydrogen) atoms. The second kappa shape index (κ2) is 4.50. The zero-order valence-electron chi connectivity index (χ0n) is 9.16. The third-order valence-corrected chi connectivity index (χ3v) is 2.58. The zero-order valence-corrected chi connectivity index (χ0v) is 9.98. The van der Waals surface area contributed by atoms with Gasteiger partial charge in [-0.3, -0.25) is 14.9 Å². The molecule has 0 atom stereocenters. The predicted octanol–water partition coefficient (Wildman–Crippen LogP) is 0.877. The lowest BCUT2D eigenvalue weighted by Gasteiger charge is -2.09. The van der Waals surface area contributed by atoms with E-state index in [1.807, 2.05) is 6.92 Å². The first kappa shape index (κ1) is 11.5. The fourth-order valence-electron chi connectivity index (χ4n) is 1.58. The molecule has 6 heteroatoms. The Kier molecular flexibility index (Phi) is 3.06. The Morgan fingerprint density at radius 2 is 2.00 bits per heavy atom. The van der Waals surface area contributed by atoms with E-state index in [0.717, 1.165) is 6.54 Å². The van der Waals surface area contributed by atoms with Crippen LogP contribution in [0.2, 0.25) is 0 Å². The van der Waals surface area contributed by atoms with Crippen LogP contribution in [0.1, 0.15) is 27.6 Å². The number of carbonyl (C=O) groups excluding carboxylic acids is 2. The highest BCUT2D eigenvalue weighted by Crippen LogP contribution is 2.20. The summed E-state index contributed by atoms with van der Waals surface area (Å²) in [7, 11) is 0. The van der Waals surface area contributed by atoms with E-state index in [1.165, 1.54) is 0 Å². The Hall–Kier alpha value is -1.95. The van der Waals surface area contributed by atoms with E-state index in [9.17, 15) is 9.59 Å². The number of rotatable bonds is 2. The molecule has 1 heterocycles. The number of thiocarbonyl (C=S) groups is 1. The Balaban J connectivity index is 2.23. The number of hydrogen-bond acceptors (Lipinski definition) is 3. The number of anilines is 1. The third kappa shape index (κ3) is 2.26. The van der Waals surface area contributed by atoms with Crippen molar-refractivity contribution in [3.05, 3.63) is 29.3 Å². The van der Waals surface area contributed by atoms with Crippen LogP contribution in [0.25, 0.3) is 0 Å². The maximum absolute atomic E-state index is 11.4. The van der Waals surface area contributed by atoms with Gasteiger partial charge in [0, 0.05) is 12.2 Å². The Labute approximate surface area is 104 Å². The Bertz CT molecular complexity index is 513. The maximum Gasteiger partial charge on any atom is 0.259 e. The van der Waals surface area contributed by atoms with Crippen LogP contribution in [0, 0.1) is 0 Å². The van der Waals surface area contributed by atoms with Crippen LogP contribution in [0.4, 0.5) is 5.69 Å². The van der Waals surface area contributed by atoms with E-state index >= 15 is 0 Å². The summed E-state index contributed by atoms with van der Waals surface area (Å²) in [6.45, 7) is 2.65. The van der Waals surface area contributed by atoms with Gasteiger partial charge in [-0.1, -0.05) is 0 Å². The van der Waals surface area contributed by atoms with Crippen molar-refractivity contribution in [3.63, 3.8) is 0 Å². The van der Waals surface area contributed by atoms with E-state index in [-0.39, 0.29) is 11.8 Å². The molecule has 0 saturated heterocycles. The van der Waals surface area contributed by atoms with Crippen LogP contribution >= 0.6 is 12.2 Å². The molecule has 0 aliphatic carbocycles. The third-order valence-electron chi connectivity index (χ3n) is 2.33. The summed E-state index contributed by atoms with van der Waals surface area (Å²) in [5.74, 6) is -0.728. The molecule has 0 radical (unpaired) electrons. The number of nitrogens with one attached hydrogen (secondary N) is 3. The lowest BCUT2D eigenvalue weighted by Crippen LogP contribution is -2.27. The van der Waals surface area contributed by atoms with E-state index in [4.69, 9.17) is 12.2 Å². The van der Waals surface area contributed by atoms with Crippen molar-refractivity contribution in [2.45, 2.75) is 6.92 Å². The molecule has 1 aliphatic heterocycles. The SMILES string of the molecule is CCNC(=S)Nc1ccc2c(c1)C(=O)NC2=O. The van der Waals surface area contributed by atoms with Crippen molar-refractivity contribution in [2.24, 2.45) is 0 Å². The molecule has 1 aliphatic rings. The first-order valence-electron chi connectivity index (χ1n) is 5.16. The molecular weight excluding hydrogens is 238 g/mol. The van der Waals surface area contributed by atoms with Crippen molar-refractivity contribution in [3.8, 4) is 0 Å². The van der Waals surface area contributed by atoms with Crippen molar-refractivity contribution in [1.82, 2.24) is 10.6 Å². The zero-order chi connectivity index (χ0) is 12.4. The van der Waals surface area contributed by atoms with Crippen molar-refractivity contribution in [1.29, 1.82) is 0 Å². The van der Waals surface area contributed by atoms with Gasteiger partial charge in [-0.25, -0.2) is 0 Å². The molecular formula is C11H11N3O2S. The minimum absolute atomic E-state index is 0.356. The summed E-state index contributed by atoms with van der Waals surface area (Å²) in [5, 5.41) is 8.59. The number of benzene rings is 1. The summed E-state index contributed by atoms with van der Waals surface area (Å²) in [5.41, 5.74) is 1.45. The summed E-state index contributed by atoms with van der Waals surface area (Å²) >= 11 is 5.03. The second-order valence-corrected chi connectivity index (χ2v) is 3.94. The van der Waals surface area contributed by atoms with Crippen LogP contribution in [0.3, 0.4) is 0 Å². The van der Waals surface area contributed by atoms with Crippen molar-refractivity contribution < 1.29 is 9.59 Å². The number of fused-ring (bicyclic) bond motifs is 1. The highest BCUT2D eigenvalue weighted by Gasteiger charge is 2.26. The number of imide groups is 1. The van der Waals surface area contributed by atoms with Gasteiger partial charge in [0.1, 0.15) is 0 Å². The average molecular weight is 249 g/mol. The fourth-order valence-corrected chi connectivity index (χ4v) is 1.84. The molecule has 0 spiro atoms. The Morgan fingerprint density at radius 3 is 2.71 bits per heavy atom. The molecule has 0 saturated carbocycles. The molecule has 0 unspecified atom stereocenters. The van der Waals surface area contributed by atoms with E-state index in [0.29, 0.717) is 21.9 Å². The first-order chi connectivity index (χ1) is 8.11. The standard InChI is InChI=1S/C11H11N3O2S/c1-2-12-11(17)13-6-3-4-7-8(5-6)10(16)14-9(7)15/h3-5H,2H2,1H3,(H2,12,13,17)(H,14,15,16). The lowest BCUT2D eigenvalue weighted by atomic mass is 10.1. The van der Waals surface area contributed by atoms with Gasteiger partial charge in [0.25, 0.3) is 11.8 Å². The quantitative estimate of drug-likeness (QED) is 0.536. The largest absolute Gasteiger partial charge is 0.363 e. The van der Waals surface area contributed by atoms with E-state index < -0.39 is 0 Å². The molecule has 5 nitrogen and oxygen atoms in total. The summed E-state index contributed by atoms with van der Waals surface area (Å²) in [6.07, 6.45) is 0. The van der Waals surface area contributed by atoms with Crippen molar-refractivity contribution >= 4 is 34.8 Å². The van der Waals surface area contributed by atoms with Crippen LogP contribution in [-0.2, 0) is 0 Å². The summed E-state index contributed by atoms with van der Waals surface area (Å²) in [6, 6.07) is 4.92. The highest BCUT2D eigenvalue weighted by atomic mass is 32.1. The van der Waals surface area contributed by atoms with Gasteiger partial charge >= 0.3 is 0 Å². The smallest absolute Gasteiger partial charge is 0.259 e. The molecule has 0 aromatic heterocycles. The predicted molar refractivity (Wildman–Crippen MR) is 68.1 cm³/mol. The van der Waals surface area contributed by atoms with Gasteiger partial charge in [0.05, 0.1) is 11.1 Å². The normalized spacial score (nSPS) is 13.0. The molecule has 2 rings (SSSR count). The van der Waals surface area contributed by atoms with Crippen LogP contribution in [0.5, 0.6) is 0 Å². The molecule has 0 bridgehead atoms.